The van der Waals surface area contributed by atoms with Gasteiger partial charge in [-0.15, -0.1) is 0 Å². The van der Waals surface area contributed by atoms with Gasteiger partial charge in [0, 0.05) is 25.4 Å². The monoisotopic (exact) mass is 560 g/mol. The molecule has 14 nitrogen and oxygen atoms in total. The number of hydrazine groups is 1. The minimum atomic E-state index is -1.14. The Morgan fingerprint density at radius 2 is 1.88 bits per heavy atom. The normalized spacial score (nSPS) is 22.7. The first kappa shape index (κ1) is 30.4. The number of amides is 5. The molecule has 1 aliphatic carbocycles. The van der Waals surface area contributed by atoms with Gasteiger partial charge in [0.15, 0.2) is 4.98 Å². The van der Waals surface area contributed by atoms with E-state index in [0.29, 0.717) is 6.42 Å². The van der Waals surface area contributed by atoms with Crippen molar-refractivity contribution in [2.75, 3.05) is 13.2 Å². The third kappa shape index (κ3) is 8.17. The van der Waals surface area contributed by atoms with Crippen molar-refractivity contribution >= 4 is 29.7 Å². The number of carbonyl (C=O) groups is 5. The quantitative estimate of drug-likeness (QED) is 0.135. The van der Waals surface area contributed by atoms with Crippen molar-refractivity contribution in [3.05, 3.63) is 29.6 Å². The number of fused-ring (bicyclic) bond motifs is 1. The average Bonchev–Trinajstić information content (AvgIpc) is 3.06. The second-order valence-electron chi connectivity index (χ2n) is 10.1. The highest BCUT2D eigenvalue weighted by Crippen LogP contribution is 2.26. The Labute approximate surface area is 232 Å². The molecule has 0 aromatic heterocycles. The molecule has 2 aliphatic heterocycles. The maximum atomic E-state index is 13.6. The van der Waals surface area contributed by atoms with Crippen molar-refractivity contribution in [1.82, 2.24) is 26.0 Å². The van der Waals surface area contributed by atoms with Crippen LogP contribution in [-0.4, -0.2) is 82.2 Å². The lowest BCUT2D eigenvalue weighted by Crippen LogP contribution is -2.64. The number of aliphatic hydroxyl groups is 1. The molecule has 3 rings (SSSR count). The number of carbonyl (C=O) groups excluding carboxylic acids is 5. The predicted molar refractivity (Wildman–Crippen MR) is 141 cm³/mol. The molecule has 0 radical (unpaired) electrons. The van der Waals surface area contributed by atoms with Crippen LogP contribution in [0.3, 0.4) is 0 Å². The fourth-order valence-electron chi connectivity index (χ4n) is 5.24. The van der Waals surface area contributed by atoms with Gasteiger partial charge in [-0.3, -0.25) is 24.2 Å². The van der Waals surface area contributed by atoms with Crippen molar-refractivity contribution < 1.29 is 33.8 Å². The van der Waals surface area contributed by atoms with Crippen molar-refractivity contribution in [3.63, 3.8) is 0 Å². The fraction of sp³-hybridized carbons (Fsp3) is 0.654. The second-order valence-corrected chi connectivity index (χ2v) is 10.1. The lowest BCUT2D eigenvalue weighted by molar-refractivity contribution is -0.176. The molecular formula is C26H38N7O7+. The Hall–Kier alpha value is -4.15. The van der Waals surface area contributed by atoms with Crippen LogP contribution in [0.15, 0.2) is 24.6 Å². The first-order valence-corrected chi connectivity index (χ1v) is 13.8. The number of esters is 1. The zero-order chi connectivity index (χ0) is 29.1. The van der Waals surface area contributed by atoms with Crippen molar-refractivity contribution in [3.8, 4) is 0 Å². The van der Waals surface area contributed by atoms with Gasteiger partial charge >= 0.3 is 18.2 Å². The molecule has 0 unspecified atom stereocenters. The van der Waals surface area contributed by atoms with Gasteiger partial charge in [-0.05, 0) is 38.5 Å². The van der Waals surface area contributed by atoms with Crippen LogP contribution in [0.4, 0.5) is 4.79 Å². The number of nitrogens with one attached hydrogen (secondary N) is 3. The second kappa shape index (κ2) is 14.9. The van der Waals surface area contributed by atoms with E-state index in [0.717, 1.165) is 43.3 Å². The molecule has 2 saturated heterocycles. The van der Waals surface area contributed by atoms with E-state index in [1.807, 2.05) is 0 Å². The van der Waals surface area contributed by atoms with E-state index in [4.69, 9.17) is 10.1 Å². The van der Waals surface area contributed by atoms with E-state index in [1.54, 1.807) is 0 Å². The standard InChI is InChI=1S/C26H37N7O7/c1-2-15-40-23(36)13-11-18(21(34)16-28-27)30-24(37)20-9-6-14-32-22(35)12-10-19(25(38)33(20)32)31-26(39)29-17-7-4-3-5-8-17/h2,16-20H,1,3-15H2,(H3-,29,30,31,34,37,39)/p+1/b21-16-/t18-,19-,20-/m0/s1. The summed E-state index contributed by atoms with van der Waals surface area (Å²) in [5, 5.41) is 29.7. The summed E-state index contributed by atoms with van der Waals surface area (Å²) in [6.07, 6.45) is 7.53. The molecule has 3 aliphatic rings. The summed E-state index contributed by atoms with van der Waals surface area (Å²) in [6.45, 7) is 3.70. The molecule has 218 valence electrons. The molecule has 4 N–H and O–H groups in total. The maximum absolute atomic E-state index is 13.6. The van der Waals surface area contributed by atoms with Crippen molar-refractivity contribution in [1.29, 1.82) is 5.39 Å². The summed E-state index contributed by atoms with van der Waals surface area (Å²) in [7, 11) is 0. The fourth-order valence-corrected chi connectivity index (χ4v) is 5.24. The summed E-state index contributed by atoms with van der Waals surface area (Å²) in [6, 6.07) is -3.72. The number of rotatable bonds is 10. The van der Waals surface area contributed by atoms with Crippen LogP contribution in [0.5, 0.6) is 0 Å². The van der Waals surface area contributed by atoms with Gasteiger partial charge in [0.25, 0.3) is 5.91 Å². The van der Waals surface area contributed by atoms with E-state index in [1.165, 1.54) is 11.1 Å². The van der Waals surface area contributed by atoms with Gasteiger partial charge in [-0.1, -0.05) is 31.9 Å². The van der Waals surface area contributed by atoms with E-state index in [2.05, 4.69) is 27.5 Å². The van der Waals surface area contributed by atoms with E-state index in [9.17, 15) is 29.1 Å². The summed E-state index contributed by atoms with van der Waals surface area (Å²) in [5.41, 5.74) is 0. The number of aliphatic hydroxyl groups excluding tert-OH is 1. The molecule has 5 amide bonds. The highest BCUT2D eigenvalue weighted by Gasteiger charge is 2.45. The van der Waals surface area contributed by atoms with Gasteiger partial charge in [-0.2, -0.15) is 0 Å². The van der Waals surface area contributed by atoms with Gasteiger partial charge in [0.1, 0.15) is 18.7 Å². The molecule has 0 bridgehead atoms. The number of ether oxygens (including phenoxy) is 1. The van der Waals surface area contributed by atoms with E-state index < -0.39 is 47.7 Å². The van der Waals surface area contributed by atoms with Crippen LogP contribution in [0, 0.1) is 5.39 Å². The molecule has 1 saturated carbocycles. The number of nitrogens with zero attached hydrogens (tertiary/aromatic N) is 4. The minimum Gasteiger partial charge on any atom is -0.504 e. The smallest absolute Gasteiger partial charge is 0.389 e. The lowest BCUT2D eigenvalue weighted by Gasteiger charge is -2.43. The minimum absolute atomic E-state index is 0.000540. The van der Waals surface area contributed by atoms with E-state index >= 15 is 0 Å². The maximum Gasteiger partial charge on any atom is 0.389 e. The van der Waals surface area contributed by atoms with Crippen LogP contribution < -0.4 is 16.0 Å². The van der Waals surface area contributed by atoms with Crippen LogP contribution in [0.25, 0.3) is 4.98 Å². The Morgan fingerprint density at radius 3 is 2.58 bits per heavy atom. The van der Waals surface area contributed by atoms with Crippen LogP contribution in [0.1, 0.15) is 70.6 Å². The highest BCUT2D eigenvalue weighted by molar-refractivity contribution is 5.95. The van der Waals surface area contributed by atoms with Crippen LogP contribution in [-0.2, 0) is 23.9 Å². The summed E-state index contributed by atoms with van der Waals surface area (Å²) < 4.78 is 4.92. The Balaban J connectivity index is 1.73. The topological polar surface area (TPSA) is 186 Å². The van der Waals surface area contributed by atoms with Gasteiger partial charge in [0.05, 0.1) is 6.04 Å². The number of diazo groups is 1. The zero-order valence-electron chi connectivity index (χ0n) is 22.5. The third-order valence-electron chi connectivity index (χ3n) is 7.27. The van der Waals surface area contributed by atoms with Gasteiger partial charge < -0.3 is 25.8 Å². The third-order valence-corrected chi connectivity index (χ3v) is 7.27. The largest absolute Gasteiger partial charge is 0.504 e. The molecule has 14 heteroatoms. The molecule has 2 heterocycles. The Kier molecular flexibility index (Phi) is 11.3. The van der Waals surface area contributed by atoms with Crippen LogP contribution in [0.2, 0.25) is 0 Å². The molecule has 0 spiro atoms. The molecule has 3 fully saturated rings. The number of urea groups is 1. The summed E-state index contributed by atoms with van der Waals surface area (Å²) in [4.78, 5) is 67.4. The summed E-state index contributed by atoms with van der Waals surface area (Å²) in [5.74, 6) is -2.71. The molecule has 0 aromatic rings. The van der Waals surface area contributed by atoms with Gasteiger partial charge in [0.2, 0.25) is 23.0 Å². The van der Waals surface area contributed by atoms with Gasteiger partial charge in [-0.25, -0.2) is 9.80 Å². The number of hydrogen-bond donors (Lipinski definition) is 4. The summed E-state index contributed by atoms with van der Waals surface area (Å²) >= 11 is 0. The molecule has 3 atom stereocenters. The SMILES string of the molecule is C=CCOC(=O)CC[C@H](NC(=O)[C@@H]1CCCN2C(=O)CC[C@H](NC(=O)NC3CCCCC3)C(=O)N12)/C(O)=C/[N+]#N. The highest BCUT2D eigenvalue weighted by atomic mass is 16.5. The zero-order valence-corrected chi connectivity index (χ0v) is 22.5. The molecule has 40 heavy (non-hydrogen) atoms. The average molecular weight is 561 g/mol. The Bertz CT molecular complexity index is 1050. The predicted octanol–water partition coefficient (Wildman–Crippen LogP) is 1.76. The lowest BCUT2D eigenvalue weighted by atomic mass is 9.96. The molecular weight excluding hydrogens is 522 g/mol. The molecule has 0 aromatic carbocycles. The van der Waals surface area contributed by atoms with Crippen molar-refractivity contribution in [2.45, 2.75) is 94.8 Å². The van der Waals surface area contributed by atoms with Crippen molar-refractivity contribution in [2.24, 2.45) is 0 Å². The van der Waals surface area contributed by atoms with E-state index in [-0.39, 0.29) is 57.2 Å². The Morgan fingerprint density at radius 1 is 1.12 bits per heavy atom. The first-order chi connectivity index (χ1) is 19.2. The first-order valence-electron chi connectivity index (χ1n) is 13.8. The van der Waals surface area contributed by atoms with Crippen LogP contribution >= 0.6 is 0 Å². The number of hydrogen-bond acceptors (Lipinski definition) is 8.